The van der Waals surface area contributed by atoms with E-state index in [9.17, 15) is 4.79 Å². The lowest BCUT2D eigenvalue weighted by molar-refractivity contribution is 0.0600. The Kier molecular flexibility index (Phi) is 4.77. The summed E-state index contributed by atoms with van der Waals surface area (Å²) < 4.78 is 12.3. The second kappa shape index (κ2) is 7.15. The summed E-state index contributed by atoms with van der Waals surface area (Å²) in [5.74, 6) is 0.984. The number of carbonyl (C=O) groups excluding carboxylic acids is 1. The molecule has 0 unspecified atom stereocenters. The zero-order chi connectivity index (χ0) is 16.1. The Labute approximate surface area is 137 Å². The molecule has 23 heavy (non-hydrogen) atoms. The zero-order valence-corrected chi connectivity index (χ0v) is 13.3. The molecule has 0 spiro atoms. The number of methoxy groups -OCH3 is 1. The summed E-state index contributed by atoms with van der Waals surface area (Å²) in [6.45, 7) is 0.497. The van der Waals surface area contributed by atoms with Gasteiger partial charge in [0.25, 0.3) is 0 Å². The predicted octanol–water partition coefficient (Wildman–Crippen LogP) is 2.69. The summed E-state index contributed by atoms with van der Waals surface area (Å²) in [4.78, 5) is 11.5. The van der Waals surface area contributed by atoms with Crippen molar-refractivity contribution in [1.29, 1.82) is 0 Å². The van der Waals surface area contributed by atoms with Crippen molar-refractivity contribution in [3.63, 3.8) is 0 Å². The highest BCUT2D eigenvalue weighted by atomic mass is 32.2. The first-order valence-electron chi connectivity index (χ1n) is 7.01. The van der Waals surface area contributed by atoms with Crippen LogP contribution in [0, 0.1) is 0 Å². The molecule has 0 amide bonds. The number of hydrogen-bond acceptors (Lipinski definition) is 6. The first kappa shape index (κ1) is 15.4. The average Bonchev–Trinajstić information content (AvgIpc) is 3.01. The lowest BCUT2D eigenvalue weighted by Gasteiger charge is -2.07. The summed E-state index contributed by atoms with van der Waals surface area (Å²) in [5, 5.41) is 9.07. The van der Waals surface area contributed by atoms with Crippen molar-refractivity contribution in [2.45, 2.75) is 5.16 Å². The quantitative estimate of drug-likeness (QED) is 0.393. The third kappa shape index (κ3) is 3.62. The zero-order valence-electron chi connectivity index (χ0n) is 12.5. The van der Waals surface area contributed by atoms with Crippen LogP contribution in [-0.2, 0) is 4.74 Å². The van der Waals surface area contributed by atoms with E-state index in [1.165, 1.54) is 7.11 Å². The summed E-state index contributed by atoms with van der Waals surface area (Å²) >= 11 is 1.56. The van der Waals surface area contributed by atoms with Gasteiger partial charge < -0.3 is 9.47 Å². The van der Waals surface area contributed by atoms with Gasteiger partial charge in [0.1, 0.15) is 5.75 Å². The van der Waals surface area contributed by atoms with E-state index in [1.807, 2.05) is 34.9 Å². The molecule has 0 radical (unpaired) electrons. The number of carbonyl (C=O) groups is 1. The maximum absolute atomic E-state index is 11.5. The average molecular weight is 329 g/mol. The number of pyridine rings is 1. The van der Waals surface area contributed by atoms with Crippen molar-refractivity contribution in [1.82, 2.24) is 14.6 Å². The summed E-state index contributed by atoms with van der Waals surface area (Å²) in [5.41, 5.74) is 1.29. The molecule has 0 saturated carbocycles. The van der Waals surface area contributed by atoms with Crippen molar-refractivity contribution in [2.24, 2.45) is 0 Å². The predicted molar refractivity (Wildman–Crippen MR) is 87.0 cm³/mol. The van der Waals surface area contributed by atoms with Crippen molar-refractivity contribution < 1.29 is 14.3 Å². The fourth-order valence-electron chi connectivity index (χ4n) is 2.04. The van der Waals surface area contributed by atoms with Crippen LogP contribution in [0.3, 0.4) is 0 Å². The number of ether oxygens (including phenoxy) is 2. The number of thioether (sulfide) groups is 1. The number of esters is 1. The molecule has 2 heterocycles. The summed E-state index contributed by atoms with van der Waals surface area (Å²) in [7, 11) is 1.36. The highest BCUT2D eigenvalue weighted by Gasteiger charge is 2.07. The van der Waals surface area contributed by atoms with Crippen LogP contribution in [0.1, 0.15) is 10.4 Å². The van der Waals surface area contributed by atoms with Gasteiger partial charge >= 0.3 is 5.97 Å². The first-order chi connectivity index (χ1) is 11.3. The van der Waals surface area contributed by atoms with E-state index in [2.05, 4.69) is 10.2 Å². The molecule has 0 aliphatic rings. The Morgan fingerprint density at radius 2 is 2.13 bits per heavy atom. The first-order valence-corrected chi connectivity index (χ1v) is 8.00. The molecule has 0 aliphatic carbocycles. The smallest absolute Gasteiger partial charge is 0.337 e. The molecule has 0 fully saturated rings. The molecule has 0 N–H and O–H groups in total. The number of hydrogen-bond donors (Lipinski definition) is 0. The number of benzene rings is 1. The van der Waals surface area contributed by atoms with Gasteiger partial charge in [-0.25, -0.2) is 4.79 Å². The van der Waals surface area contributed by atoms with Crippen LogP contribution in [0.5, 0.6) is 5.75 Å². The van der Waals surface area contributed by atoms with E-state index in [4.69, 9.17) is 9.47 Å². The maximum atomic E-state index is 11.5. The molecule has 118 valence electrons. The van der Waals surface area contributed by atoms with Crippen LogP contribution in [0.25, 0.3) is 5.65 Å². The third-order valence-corrected chi connectivity index (χ3v) is 4.03. The lowest BCUT2D eigenvalue weighted by atomic mass is 10.2. The van der Waals surface area contributed by atoms with Gasteiger partial charge in [-0.3, -0.25) is 4.40 Å². The van der Waals surface area contributed by atoms with Crippen LogP contribution >= 0.6 is 11.8 Å². The van der Waals surface area contributed by atoms with Gasteiger partial charge in [0, 0.05) is 11.9 Å². The van der Waals surface area contributed by atoms with Gasteiger partial charge in [-0.15, -0.1) is 10.2 Å². The highest BCUT2D eigenvalue weighted by Crippen LogP contribution is 2.18. The monoisotopic (exact) mass is 329 g/mol. The normalized spacial score (nSPS) is 10.7. The van der Waals surface area contributed by atoms with Crippen LogP contribution < -0.4 is 4.74 Å². The van der Waals surface area contributed by atoms with Gasteiger partial charge in [-0.05, 0) is 30.3 Å². The van der Waals surface area contributed by atoms with Crippen molar-refractivity contribution >= 4 is 23.4 Å². The van der Waals surface area contributed by atoms with E-state index in [0.717, 1.165) is 16.6 Å². The number of rotatable bonds is 6. The molecule has 6 nitrogen and oxygen atoms in total. The largest absolute Gasteiger partial charge is 0.493 e. The molecular weight excluding hydrogens is 314 g/mol. The molecule has 0 aliphatic heterocycles. The van der Waals surface area contributed by atoms with Gasteiger partial charge in [-0.1, -0.05) is 23.9 Å². The molecule has 7 heteroatoms. The van der Waals surface area contributed by atoms with Gasteiger partial charge in [-0.2, -0.15) is 0 Å². The van der Waals surface area contributed by atoms with Crippen LogP contribution in [0.4, 0.5) is 0 Å². The Hall–Kier alpha value is -2.54. The molecule has 0 saturated heterocycles. The number of fused-ring (bicyclic) bond motifs is 1. The van der Waals surface area contributed by atoms with Crippen molar-refractivity contribution in [3.05, 3.63) is 54.2 Å². The minimum Gasteiger partial charge on any atom is -0.493 e. The summed E-state index contributed by atoms with van der Waals surface area (Å²) in [6, 6.07) is 12.7. The van der Waals surface area contributed by atoms with E-state index < -0.39 is 0 Å². The van der Waals surface area contributed by atoms with E-state index in [0.29, 0.717) is 17.9 Å². The molecule has 3 rings (SSSR count). The Balaban J connectivity index is 1.55. The number of aromatic nitrogens is 3. The second-order valence-electron chi connectivity index (χ2n) is 4.63. The van der Waals surface area contributed by atoms with Gasteiger partial charge in [0.05, 0.1) is 19.3 Å². The van der Waals surface area contributed by atoms with Crippen LogP contribution in [0.2, 0.25) is 0 Å². The van der Waals surface area contributed by atoms with E-state index >= 15 is 0 Å². The van der Waals surface area contributed by atoms with Crippen molar-refractivity contribution in [2.75, 3.05) is 19.5 Å². The molecule has 0 bridgehead atoms. The minimum absolute atomic E-state index is 0.375. The van der Waals surface area contributed by atoms with Gasteiger partial charge in [0.2, 0.25) is 0 Å². The highest BCUT2D eigenvalue weighted by molar-refractivity contribution is 7.99. The van der Waals surface area contributed by atoms with Crippen LogP contribution in [-0.4, -0.2) is 40.0 Å². The maximum Gasteiger partial charge on any atom is 0.337 e. The summed E-state index contributed by atoms with van der Waals surface area (Å²) in [6.07, 6.45) is 1.93. The Morgan fingerprint density at radius 1 is 1.22 bits per heavy atom. The topological polar surface area (TPSA) is 65.7 Å². The fraction of sp³-hybridized carbons (Fsp3) is 0.188. The molecule has 2 aromatic heterocycles. The third-order valence-electron chi connectivity index (χ3n) is 3.12. The molecular formula is C16H15N3O3S. The Bertz CT molecular complexity index is 819. The molecule has 1 aromatic carbocycles. The SMILES string of the molecule is COC(=O)c1cccc(OCCSc2nnc3ccccn23)c1. The van der Waals surface area contributed by atoms with Crippen molar-refractivity contribution in [3.8, 4) is 5.75 Å². The van der Waals surface area contributed by atoms with Gasteiger partial charge in [0.15, 0.2) is 10.8 Å². The second-order valence-corrected chi connectivity index (χ2v) is 5.69. The van der Waals surface area contributed by atoms with E-state index in [-0.39, 0.29) is 5.97 Å². The lowest BCUT2D eigenvalue weighted by Crippen LogP contribution is -2.04. The molecule has 3 aromatic rings. The number of nitrogens with zero attached hydrogens (tertiary/aromatic N) is 3. The standard InChI is InChI=1S/C16H15N3O3S/c1-21-15(20)12-5-4-6-13(11-12)22-9-10-23-16-18-17-14-7-2-3-8-19(14)16/h2-8,11H,9-10H2,1H3. The van der Waals surface area contributed by atoms with E-state index in [1.54, 1.807) is 30.0 Å². The Morgan fingerprint density at radius 3 is 3.00 bits per heavy atom. The molecule has 0 atom stereocenters. The minimum atomic E-state index is -0.375. The van der Waals surface area contributed by atoms with Crippen LogP contribution in [0.15, 0.2) is 53.8 Å². The fourth-order valence-corrected chi connectivity index (χ4v) is 2.78.